The van der Waals surface area contributed by atoms with Gasteiger partial charge in [0.1, 0.15) is 15.9 Å². The second kappa shape index (κ2) is 5.24. The van der Waals surface area contributed by atoms with Crippen LogP contribution in [0.25, 0.3) is 0 Å². The van der Waals surface area contributed by atoms with E-state index < -0.39 is 10.0 Å². The molecule has 0 fully saturated rings. The van der Waals surface area contributed by atoms with E-state index in [4.69, 9.17) is 11.6 Å². The van der Waals surface area contributed by atoms with Gasteiger partial charge in [-0.2, -0.15) is 9.40 Å². The predicted molar refractivity (Wildman–Crippen MR) is 69.0 cm³/mol. The van der Waals surface area contributed by atoms with Crippen LogP contribution in [0.4, 0.5) is 0 Å². The molecule has 7 nitrogen and oxygen atoms in total. The van der Waals surface area contributed by atoms with E-state index >= 15 is 0 Å². The molecule has 0 saturated heterocycles. The molecule has 2 aromatic heterocycles. The molecular weight excluding hydrogens is 290 g/mol. The van der Waals surface area contributed by atoms with Crippen LogP contribution in [0.1, 0.15) is 11.6 Å². The van der Waals surface area contributed by atoms with E-state index in [0.717, 1.165) is 4.31 Å². The zero-order valence-electron chi connectivity index (χ0n) is 10.3. The van der Waals surface area contributed by atoms with Crippen molar-refractivity contribution < 1.29 is 8.42 Å². The van der Waals surface area contributed by atoms with Crippen molar-refractivity contribution in [2.24, 2.45) is 0 Å². The van der Waals surface area contributed by atoms with Crippen LogP contribution in [0.3, 0.4) is 0 Å². The predicted octanol–water partition coefficient (Wildman–Crippen LogP) is 0.982. The average Bonchev–Trinajstić information content (AvgIpc) is 2.75. The molecule has 0 aliphatic rings. The van der Waals surface area contributed by atoms with Gasteiger partial charge in [-0.3, -0.25) is 5.10 Å². The second-order valence-corrected chi connectivity index (χ2v) is 6.35. The van der Waals surface area contributed by atoms with E-state index in [1.165, 1.54) is 25.4 Å². The van der Waals surface area contributed by atoms with Gasteiger partial charge in [-0.1, -0.05) is 11.6 Å². The van der Waals surface area contributed by atoms with Crippen molar-refractivity contribution in [2.45, 2.75) is 18.4 Å². The summed E-state index contributed by atoms with van der Waals surface area (Å²) in [6, 6.07) is 2.84. The number of pyridine rings is 1. The third-order valence-corrected chi connectivity index (χ3v) is 4.43. The monoisotopic (exact) mass is 301 g/mol. The van der Waals surface area contributed by atoms with Crippen molar-refractivity contribution >= 4 is 21.6 Å². The number of hydrogen-bond acceptors (Lipinski definition) is 5. The molecule has 19 heavy (non-hydrogen) atoms. The number of aromatic nitrogens is 4. The number of H-pyrrole nitrogens is 1. The van der Waals surface area contributed by atoms with E-state index in [0.29, 0.717) is 11.6 Å². The van der Waals surface area contributed by atoms with Crippen LogP contribution >= 0.6 is 11.6 Å². The van der Waals surface area contributed by atoms with Gasteiger partial charge in [0.2, 0.25) is 10.0 Å². The van der Waals surface area contributed by atoms with Gasteiger partial charge in [-0.15, -0.1) is 0 Å². The van der Waals surface area contributed by atoms with Crippen molar-refractivity contribution in [3.8, 4) is 0 Å². The van der Waals surface area contributed by atoms with Crippen molar-refractivity contribution in [1.29, 1.82) is 0 Å². The largest absolute Gasteiger partial charge is 0.263 e. The summed E-state index contributed by atoms with van der Waals surface area (Å²) < 4.78 is 25.6. The van der Waals surface area contributed by atoms with Crippen LogP contribution in [0.5, 0.6) is 0 Å². The highest BCUT2D eigenvalue weighted by atomic mass is 35.5. The summed E-state index contributed by atoms with van der Waals surface area (Å²) in [5.74, 6) is 1.04. The van der Waals surface area contributed by atoms with Crippen molar-refractivity contribution in [2.75, 3.05) is 7.05 Å². The summed E-state index contributed by atoms with van der Waals surface area (Å²) in [6.45, 7) is 1.82. The lowest BCUT2D eigenvalue weighted by molar-refractivity contribution is 0.457. The SMILES string of the molecule is Cc1nc(CN(C)S(=O)(=O)c2ccc(Cl)nc2)n[nH]1. The Morgan fingerprint density at radius 1 is 1.42 bits per heavy atom. The molecule has 0 aromatic carbocycles. The summed E-state index contributed by atoms with van der Waals surface area (Å²) in [5, 5.41) is 6.80. The van der Waals surface area contributed by atoms with Crippen LogP contribution in [0.15, 0.2) is 23.2 Å². The molecule has 0 amide bonds. The zero-order chi connectivity index (χ0) is 14.0. The van der Waals surface area contributed by atoms with Crippen LogP contribution < -0.4 is 0 Å². The molecule has 2 rings (SSSR count). The Morgan fingerprint density at radius 3 is 2.68 bits per heavy atom. The minimum atomic E-state index is -3.63. The molecule has 0 spiro atoms. The number of sulfonamides is 1. The van der Waals surface area contributed by atoms with Crippen LogP contribution in [0, 0.1) is 6.92 Å². The van der Waals surface area contributed by atoms with Gasteiger partial charge in [-0.05, 0) is 19.1 Å². The quantitative estimate of drug-likeness (QED) is 0.850. The maximum atomic E-state index is 12.2. The Labute approximate surface area is 115 Å². The maximum absolute atomic E-state index is 12.2. The first-order valence-corrected chi connectivity index (χ1v) is 7.17. The molecule has 0 aliphatic heterocycles. The van der Waals surface area contributed by atoms with Gasteiger partial charge >= 0.3 is 0 Å². The van der Waals surface area contributed by atoms with Crippen LogP contribution in [-0.2, 0) is 16.6 Å². The van der Waals surface area contributed by atoms with Gasteiger partial charge in [0.15, 0.2) is 5.82 Å². The third-order valence-electron chi connectivity index (χ3n) is 2.42. The normalized spacial score (nSPS) is 12.0. The molecule has 102 valence electrons. The fraction of sp³-hybridized carbons (Fsp3) is 0.300. The first kappa shape index (κ1) is 13.9. The maximum Gasteiger partial charge on any atom is 0.244 e. The van der Waals surface area contributed by atoms with Gasteiger partial charge < -0.3 is 0 Å². The zero-order valence-corrected chi connectivity index (χ0v) is 11.9. The number of nitrogens with zero attached hydrogens (tertiary/aromatic N) is 4. The highest BCUT2D eigenvalue weighted by Gasteiger charge is 2.22. The molecule has 0 aliphatic carbocycles. The molecule has 0 radical (unpaired) electrons. The standard InChI is InChI=1S/C10H12ClN5O2S/c1-7-13-10(15-14-7)6-16(2)19(17,18)8-3-4-9(11)12-5-8/h3-5H,6H2,1-2H3,(H,13,14,15). The van der Waals surface area contributed by atoms with Crippen LogP contribution in [0.2, 0.25) is 5.15 Å². The molecule has 0 unspecified atom stereocenters. The molecule has 1 N–H and O–H groups in total. The Bertz CT molecular complexity index is 667. The Morgan fingerprint density at radius 2 is 2.16 bits per heavy atom. The Kier molecular flexibility index (Phi) is 3.83. The van der Waals surface area contributed by atoms with E-state index in [-0.39, 0.29) is 16.6 Å². The summed E-state index contributed by atoms with van der Waals surface area (Å²) in [5.41, 5.74) is 0. The Hall–Kier alpha value is -1.51. The summed E-state index contributed by atoms with van der Waals surface area (Å²) >= 11 is 5.63. The van der Waals surface area contributed by atoms with Crippen molar-refractivity contribution in [1.82, 2.24) is 24.5 Å². The molecule has 9 heteroatoms. The molecule has 2 aromatic rings. The number of aromatic amines is 1. The van der Waals surface area contributed by atoms with E-state index in [1.54, 1.807) is 6.92 Å². The lowest BCUT2D eigenvalue weighted by Gasteiger charge is -2.15. The van der Waals surface area contributed by atoms with Gasteiger partial charge in [0.05, 0.1) is 6.54 Å². The van der Waals surface area contributed by atoms with E-state index in [9.17, 15) is 8.42 Å². The highest BCUT2D eigenvalue weighted by molar-refractivity contribution is 7.89. The van der Waals surface area contributed by atoms with Gasteiger partial charge in [0, 0.05) is 13.2 Å². The minimum absolute atomic E-state index is 0.0756. The van der Waals surface area contributed by atoms with Crippen molar-refractivity contribution in [3.05, 3.63) is 35.1 Å². The van der Waals surface area contributed by atoms with E-state index in [2.05, 4.69) is 20.2 Å². The van der Waals surface area contributed by atoms with E-state index in [1.807, 2.05) is 0 Å². The minimum Gasteiger partial charge on any atom is -0.263 e. The molecular formula is C10H12ClN5O2S. The number of nitrogens with one attached hydrogen (secondary N) is 1. The number of rotatable bonds is 4. The summed E-state index contributed by atoms with van der Waals surface area (Å²) in [6.07, 6.45) is 1.22. The first-order valence-electron chi connectivity index (χ1n) is 5.35. The smallest absolute Gasteiger partial charge is 0.244 e. The van der Waals surface area contributed by atoms with Crippen LogP contribution in [-0.4, -0.2) is 39.9 Å². The topological polar surface area (TPSA) is 91.8 Å². The van der Waals surface area contributed by atoms with Gasteiger partial charge in [-0.25, -0.2) is 18.4 Å². The molecule has 0 bridgehead atoms. The molecule has 0 saturated carbocycles. The lowest BCUT2D eigenvalue weighted by atomic mass is 10.5. The third kappa shape index (κ3) is 3.09. The van der Waals surface area contributed by atoms with Crippen molar-refractivity contribution in [3.63, 3.8) is 0 Å². The number of hydrogen-bond donors (Lipinski definition) is 1. The average molecular weight is 302 g/mol. The lowest BCUT2D eigenvalue weighted by Crippen LogP contribution is -2.27. The first-order chi connectivity index (χ1) is 8.89. The summed E-state index contributed by atoms with van der Waals surface area (Å²) in [4.78, 5) is 7.90. The fourth-order valence-electron chi connectivity index (χ4n) is 1.44. The number of halogens is 1. The molecule has 0 atom stereocenters. The van der Waals surface area contributed by atoms with Gasteiger partial charge in [0.25, 0.3) is 0 Å². The number of aryl methyl sites for hydroxylation is 1. The Balaban J connectivity index is 2.21. The second-order valence-electron chi connectivity index (χ2n) is 3.91. The highest BCUT2D eigenvalue weighted by Crippen LogP contribution is 2.16. The fourth-order valence-corrected chi connectivity index (χ4v) is 2.62. The molecule has 2 heterocycles. The summed E-state index contributed by atoms with van der Waals surface area (Å²) in [7, 11) is -2.17.